The molecule has 0 unspecified atom stereocenters. The molecule has 0 radical (unpaired) electrons. The summed E-state index contributed by atoms with van der Waals surface area (Å²) in [5.41, 5.74) is 7.12. The Morgan fingerprint density at radius 3 is 2.60 bits per heavy atom. The molecule has 0 saturated heterocycles. The Bertz CT molecular complexity index is 739. The van der Waals surface area contributed by atoms with Gasteiger partial charge in [0.15, 0.2) is 0 Å². The lowest BCUT2D eigenvalue weighted by Gasteiger charge is -2.28. The van der Waals surface area contributed by atoms with Crippen molar-refractivity contribution in [3.63, 3.8) is 0 Å². The molecule has 1 atom stereocenters. The first-order valence-electron chi connectivity index (χ1n) is 8.03. The summed E-state index contributed by atoms with van der Waals surface area (Å²) >= 11 is 0. The Labute approximate surface area is 153 Å². The number of benzene rings is 2. The first kappa shape index (κ1) is 19.5. The quantitative estimate of drug-likeness (QED) is 0.760. The van der Waals surface area contributed by atoms with Crippen LogP contribution in [-0.4, -0.2) is 20.0 Å². The zero-order valence-corrected chi connectivity index (χ0v) is 15.2. The lowest BCUT2D eigenvalue weighted by Crippen LogP contribution is -2.33. The molecular formula is C19H23ClF2N2O. The van der Waals surface area contributed by atoms with Crippen molar-refractivity contribution in [3.05, 3.63) is 59.4 Å². The summed E-state index contributed by atoms with van der Waals surface area (Å²) in [5, 5.41) is 0. The van der Waals surface area contributed by atoms with Gasteiger partial charge in [-0.3, -0.25) is 0 Å². The minimum Gasteiger partial charge on any atom is -0.491 e. The molecule has 136 valence electrons. The van der Waals surface area contributed by atoms with Crippen LogP contribution in [0.15, 0.2) is 42.5 Å². The molecule has 0 saturated carbocycles. The monoisotopic (exact) mass is 368 g/mol. The van der Waals surface area contributed by atoms with Crippen LogP contribution in [0.25, 0.3) is 0 Å². The highest BCUT2D eigenvalue weighted by Crippen LogP contribution is 2.48. The van der Waals surface area contributed by atoms with Crippen molar-refractivity contribution in [3.8, 4) is 5.75 Å². The van der Waals surface area contributed by atoms with E-state index in [1.807, 2.05) is 24.3 Å². The fourth-order valence-corrected chi connectivity index (χ4v) is 3.61. The Hall–Kier alpha value is -1.85. The first-order chi connectivity index (χ1) is 11.5. The molecule has 0 bridgehead atoms. The molecule has 2 aromatic rings. The summed E-state index contributed by atoms with van der Waals surface area (Å²) in [6.45, 7) is 4.99. The zero-order valence-electron chi connectivity index (χ0n) is 14.3. The van der Waals surface area contributed by atoms with Crippen LogP contribution < -0.4 is 15.4 Å². The number of nitrogens with zero attached hydrogens (tertiary/aromatic N) is 1. The van der Waals surface area contributed by atoms with Gasteiger partial charge >= 0.3 is 0 Å². The van der Waals surface area contributed by atoms with E-state index in [1.165, 1.54) is 0 Å². The number of halogens is 3. The lowest BCUT2D eigenvalue weighted by molar-refractivity contribution is 0.324. The maximum Gasteiger partial charge on any atom is 0.146 e. The Kier molecular flexibility index (Phi) is 5.91. The summed E-state index contributed by atoms with van der Waals surface area (Å²) in [4.78, 5) is 2.18. The van der Waals surface area contributed by atoms with Crippen molar-refractivity contribution >= 4 is 18.1 Å². The number of ether oxygens (including phenoxy) is 1. The second-order valence-corrected chi connectivity index (χ2v) is 6.67. The molecule has 0 aliphatic carbocycles. The summed E-state index contributed by atoms with van der Waals surface area (Å²) in [6.07, 6.45) is 0. The van der Waals surface area contributed by atoms with E-state index in [0.717, 1.165) is 29.1 Å². The van der Waals surface area contributed by atoms with Crippen LogP contribution >= 0.6 is 12.4 Å². The van der Waals surface area contributed by atoms with Gasteiger partial charge in [0, 0.05) is 17.5 Å². The molecule has 2 aliphatic heterocycles. The van der Waals surface area contributed by atoms with Crippen molar-refractivity contribution in [1.82, 2.24) is 0 Å². The van der Waals surface area contributed by atoms with E-state index in [0.29, 0.717) is 6.61 Å². The number of anilines is 1. The highest BCUT2D eigenvalue weighted by atomic mass is 35.5. The fraction of sp³-hybridized carbons (Fsp3) is 0.368. The van der Waals surface area contributed by atoms with Crippen LogP contribution in [0.4, 0.5) is 14.5 Å². The van der Waals surface area contributed by atoms with Crippen molar-refractivity contribution in [2.24, 2.45) is 5.73 Å². The van der Waals surface area contributed by atoms with E-state index >= 15 is 0 Å². The van der Waals surface area contributed by atoms with Gasteiger partial charge in [-0.15, -0.1) is 12.4 Å². The van der Waals surface area contributed by atoms with Crippen LogP contribution in [0.5, 0.6) is 5.75 Å². The summed E-state index contributed by atoms with van der Waals surface area (Å²) in [5.74, 6) is 0.785. The Morgan fingerprint density at radius 2 is 1.88 bits per heavy atom. The summed E-state index contributed by atoms with van der Waals surface area (Å²) < 4.78 is 30.3. The number of nitrogens with two attached hydrogens (primary N) is 1. The molecule has 0 spiro atoms. The van der Waals surface area contributed by atoms with Gasteiger partial charge in [-0.05, 0) is 17.7 Å². The minimum absolute atomic E-state index is 0. The van der Waals surface area contributed by atoms with Crippen LogP contribution in [0.2, 0.25) is 0 Å². The van der Waals surface area contributed by atoms with Crippen molar-refractivity contribution in [1.29, 1.82) is 0 Å². The number of para-hydroxylation sites is 2. The molecule has 4 rings (SSSR count). The van der Waals surface area contributed by atoms with Gasteiger partial charge in [-0.1, -0.05) is 44.2 Å². The van der Waals surface area contributed by atoms with Gasteiger partial charge in [-0.2, -0.15) is 0 Å². The fourth-order valence-electron chi connectivity index (χ4n) is 3.61. The zero-order chi connectivity index (χ0) is 17.3. The van der Waals surface area contributed by atoms with Gasteiger partial charge in [0.25, 0.3) is 0 Å². The summed E-state index contributed by atoms with van der Waals surface area (Å²) in [7, 11) is 0. The van der Waals surface area contributed by atoms with Crippen LogP contribution in [0, 0.1) is 5.82 Å². The highest BCUT2D eigenvalue weighted by Gasteiger charge is 2.42. The Balaban J connectivity index is 0.000000528. The topological polar surface area (TPSA) is 38.5 Å². The number of rotatable bonds is 1. The molecule has 25 heavy (non-hydrogen) atoms. The molecule has 2 aliphatic rings. The third kappa shape index (κ3) is 3.44. The smallest absolute Gasteiger partial charge is 0.146 e. The minimum atomic E-state index is -0.750. The standard InChI is InChI=1S/C18H18FNO.CH4FN.ClH/c1-18(2)11-20(17-13(18)7-5-8-14(17)19)15-10-21-16-9-4-3-6-12(15)16;2-1-3;/h3-9,15H,10-11H2,1-2H3;1,3H2;1H/t15-;;/m1../s1. The molecule has 0 aromatic heterocycles. The number of alkyl halides is 1. The highest BCUT2D eigenvalue weighted by molar-refractivity contribution is 5.85. The lowest BCUT2D eigenvalue weighted by atomic mass is 9.87. The van der Waals surface area contributed by atoms with Gasteiger partial charge in [0.2, 0.25) is 0 Å². The number of fused-ring (bicyclic) bond motifs is 2. The van der Waals surface area contributed by atoms with Gasteiger partial charge < -0.3 is 15.4 Å². The van der Waals surface area contributed by atoms with Gasteiger partial charge in [-0.25, -0.2) is 8.78 Å². The maximum absolute atomic E-state index is 14.4. The Morgan fingerprint density at radius 1 is 1.20 bits per heavy atom. The maximum atomic E-state index is 14.4. The van der Waals surface area contributed by atoms with Crippen LogP contribution in [0.3, 0.4) is 0 Å². The predicted octanol–water partition coefficient (Wildman–Crippen LogP) is 4.35. The van der Waals surface area contributed by atoms with Crippen LogP contribution in [-0.2, 0) is 5.41 Å². The number of hydrogen-bond acceptors (Lipinski definition) is 3. The van der Waals surface area contributed by atoms with E-state index < -0.39 is 6.80 Å². The number of hydrogen-bond donors (Lipinski definition) is 1. The summed E-state index contributed by atoms with van der Waals surface area (Å²) in [6, 6.07) is 13.6. The van der Waals surface area contributed by atoms with E-state index in [2.05, 4.69) is 30.5 Å². The molecule has 0 fully saturated rings. The molecular weight excluding hydrogens is 346 g/mol. The van der Waals surface area contributed by atoms with Crippen molar-refractivity contribution in [2.75, 3.05) is 24.9 Å². The second kappa shape index (κ2) is 7.58. The molecule has 2 heterocycles. The van der Waals surface area contributed by atoms with E-state index in [9.17, 15) is 8.78 Å². The van der Waals surface area contributed by atoms with E-state index in [1.54, 1.807) is 12.1 Å². The molecule has 2 N–H and O–H groups in total. The van der Waals surface area contributed by atoms with Gasteiger partial charge in [0.1, 0.15) is 25.0 Å². The largest absolute Gasteiger partial charge is 0.491 e. The van der Waals surface area contributed by atoms with Gasteiger partial charge in [0.05, 0.1) is 11.7 Å². The average Bonchev–Trinajstić information content (AvgIpc) is 3.08. The SMILES string of the molecule is CC1(C)CN([C@@H]2COc3ccccc32)c2c(F)cccc21.Cl.NCF. The molecule has 6 heteroatoms. The first-order valence-corrected chi connectivity index (χ1v) is 8.03. The van der Waals surface area contributed by atoms with Crippen molar-refractivity contribution in [2.45, 2.75) is 25.3 Å². The van der Waals surface area contributed by atoms with Crippen LogP contribution in [0.1, 0.15) is 31.0 Å². The third-order valence-electron chi connectivity index (χ3n) is 4.62. The third-order valence-corrected chi connectivity index (χ3v) is 4.62. The van der Waals surface area contributed by atoms with E-state index in [-0.39, 0.29) is 29.7 Å². The predicted molar refractivity (Wildman–Crippen MR) is 98.9 cm³/mol. The molecule has 3 nitrogen and oxygen atoms in total. The average molecular weight is 369 g/mol. The molecule has 2 aromatic carbocycles. The normalized spacial score (nSPS) is 19.1. The van der Waals surface area contributed by atoms with E-state index in [4.69, 9.17) is 4.74 Å². The molecule has 0 amide bonds. The van der Waals surface area contributed by atoms with Crippen molar-refractivity contribution < 1.29 is 13.5 Å². The second-order valence-electron chi connectivity index (χ2n) is 6.67.